The molecule has 0 fully saturated rings. The Kier molecular flexibility index (Phi) is 4.39. The molecule has 0 spiro atoms. The second kappa shape index (κ2) is 6.62. The van der Waals surface area contributed by atoms with Gasteiger partial charge in [0, 0.05) is 23.2 Å². The number of aryl methyl sites for hydroxylation is 1. The smallest absolute Gasteiger partial charge is 0.255 e. The van der Waals surface area contributed by atoms with Crippen LogP contribution in [0.3, 0.4) is 0 Å². The van der Waals surface area contributed by atoms with Gasteiger partial charge < -0.3 is 9.73 Å². The van der Waals surface area contributed by atoms with Gasteiger partial charge in [-0.1, -0.05) is 29.8 Å². The molecular weight excluding hydrogens is 314 g/mol. The summed E-state index contributed by atoms with van der Waals surface area (Å²) in [6.07, 6.45) is 0.559. The SMILES string of the molecule is Cc1nnc(Cc2ccc(NC(=O)c3cccc(Cl)c3)cc2)o1. The molecule has 0 saturated carbocycles. The van der Waals surface area contributed by atoms with Gasteiger partial charge >= 0.3 is 0 Å². The molecule has 23 heavy (non-hydrogen) atoms. The van der Waals surface area contributed by atoms with Crippen molar-refractivity contribution in [2.24, 2.45) is 0 Å². The van der Waals surface area contributed by atoms with E-state index in [-0.39, 0.29) is 5.91 Å². The molecule has 0 saturated heterocycles. The fraction of sp³-hybridized carbons (Fsp3) is 0.118. The van der Waals surface area contributed by atoms with E-state index >= 15 is 0 Å². The number of nitrogens with zero attached hydrogens (tertiary/aromatic N) is 2. The first-order chi connectivity index (χ1) is 11.1. The lowest BCUT2D eigenvalue weighted by Crippen LogP contribution is -2.11. The zero-order valence-corrected chi connectivity index (χ0v) is 13.2. The van der Waals surface area contributed by atoms with Gasteiger partial charge in [0.1, 0.15) is 0 Å². The maximum absolute atomic E-state index is 12.1. The summed E-state index contributed by atoms with van der Waals surface area (Å²) in [5, 5.41) is 11.1. The predicted octanol–water partition coefficient (Wildman–Crippen LogP) is 3.87. The second-order valence-electron chi connectivity index (χ2n) is 5.05. The number of carbonyl (C=O) groups excluding carboxylic acids is 1. The lowest BCUT2D eigenvalue weighted by molar-refractivity contribution is 0.102. The number of hydrogen-bond acceptors (Lipinski definition) is 4. The number of aromatic nitrogens is 2. The Hall–Kier alpha value is -2.66. The van der Waals surface area contributed by atoms with Crippen LogP contribution in [0.25, 0.3) is 0 Å². The van der Waals surface area contributed by atoms with E-state index in [1.807, 2.05) is 24.3 Å². The highest BCUT2D eigenvalue weighted by Gasteiger charge is 2.07. The van der Waals surface area contributed by atoms with Crippen molar-refractivity contribution in [2.75, 3.05) is 5.32 Å². The lowest BCUT2D eigenvalue weighted by Gasteiger charge is -2.06. The van der Waals surface area contributed by atoms with Gasteiger partial charge in [-0.2, -0.15) is 0 Å². The van der Waals surface area contributed by atoms with Gasteiger partial charge in [0.2, 0.25) is 11.8 Å². The van der Waals surface area contributed by atoms with Crippen LogP contribution in [0.2, 0.25) is 5.02 Å². The van der Waals surface area contributed by atoms with E-state index < -0.39 is 0 Å². The highest BCUT2D eigenvalue weighted by atomic mass is 35.5. The van der Waals surface area contributed by atoms with E-state index in [0.29, 0.717) is 34.5 Å². The van der Waals surface area contributed by atoms with Gasteiger partial charge in [-0.3, -0.25) is 4.79 Å². The molecule has 2 aromatic carbocycles. The molecule has 0 aliphatic rings. The van der Waals surface area contributed by atoms with E-state index in [9.17, 15) is 4.79 Å². The molecule has 0 atom stereocenters. The molecule has 5 nitrogen and oxygen atoms in total. The van der Waals surface area contributed by atoms with Crippen LogP contribution in [0.5, 0.6) is 0 Å². The van der Waals surface area contributed by atoms with Crippen LogP contribution in [0.1, 0.15) is 27.7 Å². The summed E-state index contributed by atoms with van der Waals surface area (Å²) in [5.41, 5.74) is 2.25. The van der Waals surface area contributed by atoms with Crippen molar-refractivity contribution in [2.45, 2.75) is 13.3 Å². The second-order valence-corrected chi connectivity index (χ2v) is 5.49. The summed E-state index contributed by atoms with van der Waals surface area (Å²) >= 11 is 5.89. The van der Waals surface area contributed by atoms with Gasteiger partial charge in [0.25, 0.3) is 5.91 Å². The molecule has 0 aliphatic heterocycles. The predicted molar refractivity (Wildman–Crippen MR) is 87.7 cm³/mol. The Morgan fingerprint density at radius 3 is 2.61 bits per heavy atom. The number of rotatable bonds is 4. The highest BCUT2D eigenvalue weighted by molar-refractivity contribution is 6.31. The van der Waals surface area contributed by atoms with E-state index in [0.717, 1.165) is 5.56 Å². The summed E-state index contributed by atoms with van der Waals surface area (Å²) in [6.45, 7) is 1.75. The van der Waals surface area contributed by atoms with Crippen molar-refractivity contribution in [3.63, 3.8) is 0 Å². The number of anilines is 1. The molecule has 1 amide bonds. The molecule has 6 heteroatoms. The number of carbonyl (C=O) groups is 1. The number of halogens is 1. The lowest BCUT2D eigenvalue weighted by atomic mass is 10.1. The van der Waals surface area contributed by atoms with E-state index in [4.69, 9.17) is 16.0 Å². The summed E-state index contributed by atoms with van der Waals surface area (Å²) < 4.78 is 5.35. The molecule has 3 rings (SSSR count). The molecule has 0 unspecified atom stereocenters. The van der Waals surface area contributed by atoms with Gasteiger partial charge in [0.05, 0.1) is 6.42 Å². The van der Waals surface area contributed by atoms with Crippen LogP contribution in [0.15, 0.2) is 52.9 Å². The quantitative estimate of drug-likeness (QED) is 0.789. The average Bonchev–Trinajstić information content (AvgIpc) is 2.94. The Bertz CT molecular complexity index is 828. The van der Waals surface area contributed by atoms with Crippen LogP contribution in [-0.2, 0) is 6.42 Å². The van der Waals surface area contributed by atoms with E-state index in [1.165, 1.54) is 0 Å². The molecule has 1 N–H and O–H groups in total. The van der Waals surface area contributed by atoms with Crippen LogP contribution in [-0.4, -0.2) is 16.1 Å². The fourth-order valence-electron chi connectivity index (χ4n) is 2.12. The van der Waals surface area contributed by atoms with Crippen molar-refractivity contribution < 1.29 is 9.21 Å². The summed E-state index contributed by atoms with van der Waals surface area (Å²) in [7, 11) is 0. The minimum Gasteiger partial charge on any atom is -0.425 e. The van der Waals surface area contributed by atoms with Gasteiger partial charge in [-0.05, 0) is 35.9 Å². The minimum absolute atomic E-state index is 0.201. The number of benzene rings is 2. The summed E-state index contributed by atoms with van der Waals surface area (Å²) in [4.78, 5) is 12.1. The number of amides is 1. The van der Waals surface area contributed by atoms with E-state index in [2.05, 4.69) is 15.5 Å². The van der Waals surface area contributed by atoms with E-state index in [1.54, 1.807) is 31.2 Å². The van der Waals surface area contributed by atoms with Crippen molar-refractivity contribution in [3.8, 4) is 0 Å². The van der Waals surface area contributed by atoms with Crippen molar-refractivity contribution >= 4 is 23.2 Å². The normalized spacial score (nSPS) is 10.5. The Labute approximate surface area is 138 Å². The third-order valence-corrected chi connectivity index (χ3v) is 3.46. The first-order valence-corrected chi connectivity index (χ1v) is 7.43. The minimum atomic E-state index is -0.201. The monoisotopic (exact) mass is 327 g/mol. The zero-order chi connectivity index (χ0) is 16.2. The standard InChI is InChI=1S/C17H14ClN3O2/c1-11-20-21-16(23-11)9-12-5-7-15(8-6-12)19-17(22)13-3-2-4-14(18)10-13/h2-8,10H,9H2,1H3,(H,19,22). The average molecular weight is 328 g/mol. The third kappa shape index (κ3) is 3.96. The maximum Gasteiger partial charge on any atom is 0.255 e. The molecule has 0 radical (unpaired) electrons. The highest BCUT2D eigenvalue weighted by Crippen LogP contribution is 2.16. The van der Waals surface area contributed by atoms with Gasteiger partial charge in [0.15, 0.2) is 0 Å². The topological polar surface area (TPSA) is 68.0 Å². The first kappa shape index (κ1) is 15.2. The first-order valence-electron chi connectivity index (χ1n) is 7.05. The molecule has 0 aliphatic carbocycles. The largest absolute Gasteiger partial charge is 0.425 e. The van der Waals surface area contributed by atoms with Crippen LogP contribution >= 0.6 is 11.6 Å². The third-order valence-electron chi connectivity index (χ3n) is 3.22. The molecule has 0 bridgehead atoms. The fourth-order valence-corrected chi connectivity index (χ4v) is 2.31. The Balaban J connectivity index is 1.66. The van der Waals surface area contributed by atoms with Gasteiger partial charge in [-0.15, -0.1) is 10.2 Å². The Morgan fingerprint density at radius 2 is 1.96 bits per heavy atom. The molecular formula is C17H14ClN3O2. The summed E-state index contributed by atoms with van der Waals surface area (Å²) in [5.74, 6) is 0.913. The molecule has 116 valence electrons. The zero-order valence-electron chi connectivity index (χ0n) is 12.4. The Morgan fingerprint density at radius 1 is 1.17 bits per heavy atom. The van der Waals surface area contributed by atoms with Gasteiger partial charge in [-0.25, -0.2) is 0 Å². The van der Waals surface area contributed by atoms with Crippen LogP contribution in [0, 0.1) is 6.92 Å². The summed E-state index contributed by atoms with van der Waals surface area (Å²) in [6, 6.07) is 14.3. The van der Waals surface area contributed by atoms with Crippen molar-refractivity contribution in [1.29, 1.82) is 0 Å². The van der Waals surface area contributed by atoms with Crippen LogP contribution < -0.4 is 5.32 Å². The molecule has 1 heterocycles. The maximum atomic E-state index is 12.1. The van der Waals surface area contributed by atoms with Crippen molar-refractivity contribution in [1.82, 2.24) is 10.2 Å². The molecule has 1 aromatic heterocycles. The van der Waals surface area contributed by atoms with Crippen molar-refractivity contribution in [3.05, 3.63) is 76.5 Å². The number of nitrogens with one attached hydrogen (secondary N) is 1. The number of hydrogen-bond donors (Lipinski definition) is 1. The van der Waals surface area contributed by atoms with Crippen LogP contribution in [0.4, 0.5) is 5.69 Å². The molecule has 3 aromatic rings.